The highest BCUT2D eigenvalue weighted by Gasteiger charge is 2.26. The van der Waals surface area contributed by atoms with Gasteiger partial charge in [-0.15, -0.1) is 0 Å². The van der Waals surface area contributed by atoms with Crippen molar-refractivity contribution in [2.24, 2.45) is 5.92 Å². The minimum absolute atomic E-state index is 0.213. The zero-order chi connectivity index (χ0) is 12.3. The molecule has 0 radical (unpaired) electrons. The van der Waals surface area contributed by atoms with Crippen molar-refractivity contribution in [1.82, 2.24) is 0 Å². The highest BCUT2D eigenvalue weighted by atomic mass is 16.4. The average Bonchev–Trinajstić information content (AvgIpc) is 2.77. The third kappa shape index (κ3) is 2.77. The van der Waals surface area contributed by atoms with Crippen molar-refractivity contribution in [3.8, 4) is 0 Å². The lowest BCUT2D eigenvalue weighted by Gasteiger charge is -2.20. The van der Waals surface area contributed by atoms with Crippen LogP contribution in [0, 0.1) is 5.92 Å². The summed E-state index contributed by atoms with van der Waals surface area (Å²) in [5.41, 5.74) is 1.21. The molecule has 1 saturated carbocycles. The Morgan fingerprint density at radius 3 is 2.59 bits per heavy atom. The molecule has 2 rings (SSSR count). The average molecular weight is 235 g/mol. The first-order valence-electron chi connectivity index (χ1n) is 5.91. The first-order chi connectivity index (χ1) is 8.20. The highest BCUT2D eigenvalue weighted by Crippen LogP contribution is 2.28. The van der Waals surface area contributed by atoms with Crippen LogP contribution in [0.25, 0.3) is 0 Å². The van der Waals surface area contributed by atoms with E-state index in [4.69, 9.17) is 5.11 Å². The van der Waals surface area contributed by atoms with Crippen molar-refractivity contribution in [2.45, 2.75) is 25.3 Å². The number of benzene rings is 1. The van der Waals surface area contributed by atoms with E-state index in [1.165, 1.54) is 0 Å². The first-order valence-corrected chi connectivity index (χ1v) is 5.91. The van der Waals surface area contributed by atoms with E-state index in [9.17, 15) is 9.90 Å². The lowest BCUT2D eigenvalue weighted by molar-refractivity contribution is 0.0697. The zero-order valence-electron chi connectivity index (χ0n) is 9.60. The van der Waals surface area contributed by atoms with Crippen LogP contribution >= 0.6 is 0 Å². The van der Waals surface area contributed by atoms with Gasteiger partial charge >= 0.3 is 5.97 Å². The second-order valence-electron chi connectivity index (χ2n) is 4.51. The SMILES string of the molecule is O=C(O)c1ccc(NC2CCCC2CO)cc1. The number of carboxylic acids is 1. The predicted octanol–water partition coefficient (Wildman–Crippen LogP) is 1.96. The van der Waals surface area contributed by atoms with E-state index in [-0.39, 0.29) is 6.61 Å². The quantitative estimate of drug-likeness (QED) is 0.746. The number of carbonyl (C=O) groups is 1. The molecule has 17 heavy (non-hydrogen) atoms. The summed E-state index contributed by atoms with van der Waals surface area (Å²) in [5, 5.41) is 21.4. The molecule has 1 aliphatic carbocycles. The number of rotatable bonds is 4. The van der Waals surface area contributed by atoms with Gasteiger partial charge in [0.25, 0.3) is 0 Å². The van der Waals surface area contributed by atoms with Crippen LogP contribution < -0.4 is 5.32 Å². The van der Waals surface area contributed by atoms with E-state index in [1.54, 1.807) is 24.3 Å². The molecule has 1 aliphatic rings. The largest absolute Gasteiger partial charge is 0.478 e. The summed E-state index contributed by atoms with van der Waals surface area (Å²) in [7, 11) is 0. The molecule has 0 saturated heterocycles. The van der Waals surface area contributed by atoms with Crippen LogP contribution in [0.4, 0.5) is 5.69 Å². The van der Waals surface area contributed by atoms with Gasteiger partial charge in [0.2, 0.25) is 0 Å². The summed E-state index contributed by atoms with van der Waals surface area (Å²) < 4.78 is 0. The Labute approximate surface area is 100 Å². The monoisotopic (exact) mass is 235 g/mol. The van der Waals surface area contributed by atoms with Gasteiger partial charge in [0.15, 0.2) is 0 Å². The Morgan fingerprint density at radius 1 is 1.29 bits per heavy atom. The second-order valence-corrected chi connectivity index (χ2v) is 4.51. The fourth-order valence-corrected chi connectivity index (χ4v) is 2.37. The Kier molecular flexibility index (Phi) is 3.64. The molecule has 3 N–H and O–H groups in total. The van der Waals surface area contributed by atoms with Gasteiger partial charge < -0.3 is 15.5 Å². The Bertz CT molecular complexity index is 388. The summed E-state index contributed by atoms with van der Waals surface area (Å²) in [6, 6.07) is 7.03. The van der Waals surface area contributed by atoms with Gasteiger partial charge in [0, 0.05) is 24.3 Å². The zero-order valence-corrected chi connectivity index (χ0v) is 9.60. The molecular formula is C13H17NO3. The molecule has 2 unspecified atom stereocenters. The molecule has 92 valence electrons. The summed E-state index contributed by atoms with van der Waals surface area (Å²) in [4.78, 5) is 10.7. The number of hydrogen-bond acceptors (Lipinski definition) is 3. The molecule has 0 heterocycles. The molecular weight excluding hydrogens is 218 g/mol. The molecule has 1 fully saturated rings. The van der Waals surface area contributed by atoms with Gasteiger partial charge in [-0.2, -0.15) is 0 Å². The molecule has 0 bridgehead atoms. The molecule has 0 amide bonds. The van der Waals surface area contributed by atoms with Crippen LogP contribution in [0.5, 0.6) is 0 Å². The van der Waals surface area contributed by atoms with Gasteiger partial charge in [-0.25, -0.2) is 4.79 Å². The van der Waals surface area contributed by atoms with Crippen molar-refractivity contribution in [3.63, 3.8) is 0 Å². The van der Waals surface area contributed by atoms with Gasteiger partial charge in [-0.05, 0) is 37.1 Å². The summed E-state index contributed by atoms with van der Waals surface area (Å²) in [5.74, 6) is -0.597. The third-order valence-corrected chi connectivity index (χ3v) is 3.38. The minimum Gasteiger partial charge on any atom is -0.478 e. The van der Waals surface area contributed by atoms with Gasteiger partial charge in [-0.3, -0.25) is 0 Å². The first kappa shape index (κ1) is 11.9. The molecule has 1 aromatic carbocycles. The highest BCUT2D eigenvalue weighted by molar-refractivity contribution is 5.87. The lowest BCUT2D eigenvalue weighted by atomic mass is 10.0. The fraction of sp³-hybridized carbons (Fsp3) is 0.462. The topological polar surface area (TPSA) is 69.6 Å². The van der Waals surface area contributed by atoms with Crippen molar-refractivity contribution in [2.75, 3.05) is 11.9 Å². The van der Waals surface area contributed by atoms with Gasteiger partial charge in [0.05, 0.1) is 5.56 Å². The van der Waals surface area contributed by atoms with Crippen LogP contribution in [0.1, 0.15) is 29.6 Å². The normalized spacial score (nSPS) is 23.6. The summed E-state index contributed by atoms with van der Waals surface area (Å²) >= 11 is 0. The lowest BCUT2D eigenvalue weighted by Crippen LogP contribution is -2.26. The van der Waals surface area contributed by atoms with Crippen LogP contribution in [0.2, 0.25) is 0 Å². The smallest absolute Gasteiger partial charge is 0.335 e. The Hall–Kier alpha value is -1.55. The number of carboxylic acid groups (broad SMARTS) is 1. The summed E-state index contributed by atoms with van der Waals surface area (Å²) in [6.07, 6.45) is 3.25. The minimum atomic E-state index is -0.911. The fourth-order valence-electron chi connectivity index (χ4n) is 2.37. The van der Waals surface area contributed by atoms with Gasteiger partial charge in [-0.1, -0.05) is 6.42 Å². The van der Waals surface area contributed by atoms with Crippen molar-refractivity contribution in [1.29, 1.82) is 0 Å². The Balaban J connectivity index is 2.01. The third-order valence-electron chi connectivity index (χ3n) is 3.38. The van der Waals surface area contributed by atoms with Gasteiger partial charge in [0.1, 0.15) is 0 Å². The maximum Gasteiger partial charge on any atom is 0.335 e. The van der Waals surface area contributed by atoms with Crippen molar-refractivity contribution in [3.05, 3.63) is 29.8 Å². The molecule has 4 heteroatoms. The van der Waals surface area contributed by atoms with E-state index in [0.717, 1.165) is 24.9 Å². The number of anilines is 1. The van der Waals surface area contributed by atoms with Crippen molar-refractivity contribution >= 4 is 11.7 Å². The van der Waals surface area contributed by atoms with E-state index in [2.05, 4.69) is 5.32 Å². The number of aliphatic hydroxyl groups is 1. The number of aromatic carboxylic acids is 1. The molecule has 0 spiro atoms. The van der Waals surface area contributed by atoms with Crippen LogP contribution in [-0.4, -0.2) is 28.8 Å². The molecule has 2 atom stereocenters. The Morgan fingerprint density at radius 2 is 2.00 bits per heavy atom. The second kappa shape index (κ2) is 5.19. The summed E-state index contributed by atoms with van der Waals surface area (Å²) in [6.45, 7) is 0.213. The van der Waals surface area contributed by atoms with Crippen LogP contribution in [0.3, 0.4) is 0 Å². The number of aliphatic hydroxyl groups excluding tert-OH is 1. The molecule has 4 nitrogen and oxygen atoms in total. The maximum absolute atomic E-state index is 10.7. The van der Waals surface area contributed by atoms with E-state index >= 15 is 0 Å². The standard InChI is InChI=1S/C13H17NO3/c15-8-10-2-1-3-12(10)14-11-6-4-9(5-7-11)13(16)17/h4-7,10,12,14-15H,1-3,8H2,(H,16,17). The number of hydrogen-bond donors (Lipinski definition) is 3. The van der Waals surface area contributed by atoms with E-state index in [1.807, 2.05) is 0 Å². The van der Waals surface area contributed by atoms with Crippen LogP contribution in [0.15, 0.2) is 24.3 Å². The predicted molar refractivity (Wildman–Crippen MR) is 65.2 cm³/mol. The number of nitrogens with one attached hydrogen (secondary N) is 1. The van der Waals surface area contributed by atoms with E-state index < -0.39 is 5.97 Å². The maximum atomic E-state index is 10.7. The molecule has 0 aliphatic heterocycles. The molecule has 1 aromatic rings. The van der Waals surface area contributed by atoms with E-state index in [0.29, 0.717) is 17.5 Å². The van der Waals surface area contributed by atoms with Crippen molar-refractivity contribution < 1.29 is 15.0 Å². The van der Waals surface area contributed by atoms with Crippen LogP contribution in [-0.2, 0) is 0 Å². The molecule has 0 aromatic heterocycles.